The summed E-state index contributed by atoms with van der Waals surface area (Å²) in [6, 6.07) is 14.1. The van der Waals surface area contributed by atoms with Crippen molar-refractivity contribution in [2.45, 2.75) is 42.8 Å². The molecule has 1 N–H and O–H groups in total. The van der Waals surface area contributed by atoms with Crippen molar-refractivity contribution in [2.75, 3.05) is 36.0 Å². The molecule has 3 saturated heterocycles. The highest BCUT2D eigenvalue weighted by molar-refractivity contribution is 9.09. The van der Waals surface area contributed by atoms with Crippen LogP contribution in [0.2, 0.25) is 0 Å². The number of aliphatic hydroxyl groups is 1. The molecule has 9 heteroatoms. The van der Waals surface area contributed by atoms with Gasteiger partial charge in [-0.2, -0.15) is 0 Å². The van der Waals surface area contributed by atoms with Crippen molar-refractivity contribution in [3.05, 3.63) is 85.0 Å². The number of likely N-dealkylation sites (tertiary alicyclic amines) is 1. The molecule has 2 aromatic rings. The van der Waals surface area contributed by atoms with Crippen LogP contribution in [0.25, 0.3) is 0 Å². The molecule has 8 nitrogen and oxygen atoms in total. The van der Waals surface area contributed by atoms with Crippen molar-refractivity contribution < 1.29 is 24.2 Å². The number of halogens is 1. The molecule has 3 heterocycles. The van der Waals surface area contributed by atoms with Gasteiger partial charge in [0.15, 0.2) is 0 Å². The van der Waals surface area contributed by atoms with Crippen molar-refractivity contribution in [1.82, 2.24) is 4.90 Å². The first-order valence-electron chi connectivity index (χ1n) is 13.9. The van der Waals surface area contributed by atoms with Gasteiger partial charge in [-0.05, 0) is 49.6 Å². The lowest BCUT2D eigenvalue weighted by molar-refractivity contribution is -0.141. The Hall–Kier alpha value is -3.27. The Labute approximate surface area is 249 Å². The molecule has 3 unspecified atom stereocenters. The van der Waals surface area contributed by atoms with Gasteiger partial charge in [-0.25, -0.2) is 0 Å². The van der Waals surface area contributed by atoms with Gasteiger partial charge in [0, 0.05) is 35.8 Å². The number of anilines is 2. The van der Waals surface area contributed by atoms with E-state index in [1.807, 2.05) is 62.4 Å². The Kier molecular flexibility index (Phi) is 8.23. The number of hydrogen-bond donors (Lipinski definition) is 1. The molecule has 3 amide bonds. The Bertz CT molecular complexity index is 1370. The standard InChI is InChI=1S/C32H36BrN3O5/c1-5-14-34(22-10-8-7-9-11-22)29(38)25-26-30(39)36(16-17-37)28(32(26)19-23(33)27(25)41-32)31(40)35(15-6-2)24-18-20(3)12-13-21(24)4/h5-13,18,23,25-28,37H,1-2,14-17,19H2,3-4H3/t23?,25-,26+,27-,28?,32?/m1/s1. The third-order valence-corrected chi connectivity index (χ3v) is 9.37. The van der Waals surface area contributed by atoms with Gasteiger partial charge in [-0.3, -0.25) is 14.4 Å². The molecular formula is C32H36BrN3O5. The molecule has 41 heavy (non-hydrogen) atoms. The summed E-state index contributed by atoms with van der Waals surface area (Å²) >= 11 is 3.73. The fourth-order valence-electron chi connectivity index (χ4n) is 6.87. The minimum Gasteiger partial charge on any atom is -0.395 e. The fraction of sp³-hybridized carbons (Fsp3) is 0.406. The number of aryl methyl sites for hydroxylation is 2. The van der Waals surface area contributed by atoms with Gasteiger partial charge < -0.3 is 24.5 Å². The van der Waals surface area contributed by atoms with Crippen LogP contribution in [0.1, 0.15) is 17.5 Å². The number of carbonyl (C=O) groups is 3. The summed E-state index contributed by atoms with van der Waals surface area (Å²) in [7, 11) is 0. The maximum atomic E-state index is 14.6. The van der Waals surface area contributed by atoms with E-state index >= 15 is 0 Å². The van der Waals surface area contributed by atoms with E-state index in [1.165, 1.54) is 4.90 Å². The summed E-state index contributed by atoms with van der Waals surface area (Å²) in [4.78, 5) is 47.5. The lowest BCUT2D eigenvalue weighted by Gasteiger charge is -2.37. The van der Waals surface area contributed by atoms with E-state index < -0.39 is 29.6 Å². The molecule has 2 aromatic carbocycles. The molecule has 0 aromatic heterocycles. The molecule has 0 aliphatic carbocycles. The van der Waals surface area contributed by atoms with Crippen LogP contribution >= 0.6 is 15.9 Å². The predicted molar refractivity (Wildman–Crippen MR) is 162 cm³/mol. The van der Waals surface area contributed by atoms with Gasteiger partial charge in [0.05, 0.1) is 24.5 Å². The van der Waals surface area contributed by atoms with Gasteiger partial charge in [0.1, 0.15) is 11.6 Å². The van der Waals surface area contributed by atoms with Gasteiger partial charge in [0.25, 0.3) is 5.91 Å². The number of benzene rings is 2. The summed E-state index contributed by atoms with van der Waals surface area (Å²) in [6.45, 7) is 11.7. The molecule has 3 aliphatic rings. The Morgan fingerprint density at radius 2 is 1.78 bits per heavy atom. The van der Waals surface area contributed by atoms with E-state index in [9.17, 15) is 19.5 Å². The normalized spacial score (nSPS) is 28.0. The molecule has 0 saturated carbocycles. The summed E-state index contributed by atoms with van der Waals surface area (Å²) in [6.07, 6.45) is 3.10. The zero-order valence-corrected chi connectivity index (χ0v) is 25.0. The third kappa shape index (κ3) is 4.73. The topological polar surface area (TPSA) is 90.4 Å². The average molecular weight is 623 g/mol. The summed E-state index contributed by atoms with van der Waals surface area (Å²) < 4.78 is 6.66. The number of hydrogen-bond acceptors (Lipinski definition) is 5. The van der Waals surface area contributed by atoms with Crippen molar-refractivity contribution in [3.63, 3.8) is 0 Å². The second-order valence-corrected chi connectivity index (χ2v) is 12.2. The number of aliphatic hydroxyl groups excluding tert-OH is 1. The van der Waals surface area contributed by atoms with Gasteiger partial charge in [-0.15, -0.1) is 13.2 Å². The first-order chi connectivity index (χ1) is 19.7. The number of para-hydroxylation sites is 1. The van der Waals surface area contributed by atoms with Crippen LogP contribution in [0.4, 0.5) is 11.4 Å². The van der Waals surface area contributed by atoms with Crippen molar-refractivity contribution in [2.24, 2.45) is 11.8 Å². The van der Waals surface area contributed by atoms with Crippen LogP contribution in [0, 0.1) is 25.7 Å². The smallest absolute Gasteiger partial charge is 0.253 e. The van der Waals surface area contributed by atoms with E-state index in [0.717, 1.165) is 16.8 Å². The number of alkyl halides is 1. The number of rotatable bonds is 10. The molecule has 6 atom stereocenters. The number of carbonyl (C=O) groups excluding carboxylic acids is 3. The predicted octanol–water partition coefficient (Wildman–Crippen LogP) is 3.78. The van der Waals surface area contributed by atoms with Crippen LogP contribution < -0.4 is 9.80 Å². The first kappa shape index (κ1) is 29.2. The quantitative estimate of drug-likeness (QED) is 0.322. The largest absolute Gasteiger partial charge is 0.395 e. The van der Waals surface area contributed by atoms with Crippen molar-refractivity contribution in [1.29, 1.82) is 0 Å². The Balaban J connectivity index is 1.59. The Morgan fingerprint density at radius 1 is 1.10 bits per heavy atom. The average Bonchev–Trinajstić information content (AvgIpc) is 3.55. The van der Waals surface area contributed by atoms with Crippen molar-refractivity contribution in [3.8, 4) is 0 Å². The van der Waals surface area contributed by atoms with E-state index in [-0.39, 0.29) is 48.8 Å². The van der Waals surface area contributed by atoms with Gasteiger partial charge in [-0.1, -0.05) is 58.4 Å². The Morgan fingerprint density at radius 3 is 2.44 bits per heavy atom. The number of ether oxygens (including phenoxy) is 1. The van der Waals surface area contributed by atoms with Crippen LogP contribution in [0.5, 0.6) is 0 Å². The van der Waals surface area contributed by atoms with Crippen LogP contribution in [0.3, 0.4) is 0 Å². The molecule has 5 rings (SSSR count). The van der Waals surface area contributed by atoms with E-state index in [4.69, 9.17) is 4.74 Å². The molecule has 3 aliphatic heterocycles. The number of fused-ring (bicyclic) bond motifs is 1. The molecular weight excluding hydrogens is 586 g/mol. The SMILES string of the molecule is C=CCN(C(=O)[C@H]1[C@@H]2OC3(CC2Br)C(C(=O)N(CC=C)c2cc(C)ccc2C)N(CCO)C(=O)[C@H]13)c1ccccc1. The second-order valence-electron chi connectivity index (χ2n) is 11.0. The van der Waals surface area contributed by atoms with Gasteiger partial charge in [0.2, 0.25) is 11.8 Å². The zero-order valence-electron chi connectivity index (χ0n) is 23.4. The monoisotopic (exact) mass is 621 g/mol. The van der Waals surface area contributed by atoms with E-state index in [1.54, 1.807) is 22.0 Å². The highest BCUT2D eigenvalue weighted by Crippen LogP contribution is 2.60. The molecule has 216 valence electrons. The van der Waals surface area contributed by atoms with Crippen LogP contribution in [0.15, 0.2) is 73.8 Å². The number of β-amino-alcohol motifs (C(OH)–C–C–N with tert-alkyl or cyclic N) is 1. The lowest BCUT2D eigenvalue weighted by Crippen LogP contribution is -2.57. The molecule has 2 bridgehead atoms. The molecule has 3 fully saturated rings. The maximum Gasteiger partial charge on any atom is 0.253 e. The summed E-state index contributed by atoms with van der Waals surface area (Å²) in [5.41, 5.74) is 2.09. The van der Waals surface area contributed by atoms with E-state index in [0.29, 0.717) is 12.1 Å². The highest BCUT2D eigenvalue weighted by Gasteiger charge is 2.77. The fourth-order valence-corrected chi connectivity index (χ4v) is 7.82. The first-order valence-corrected chi connectivity index (χ1v) is 14.8. The lowest BCUT2D eigenvalue weighted by atomic mass is 9.70. The van der Waals surface area contributed by atoms with E-state index in [2.05, 4.69) is 29.1 Å². The zero-order chi connectivity index (χ0) is 29.5. The highest BCUT2D eigenvalue weighted by atomic mass is 79.9. The molecule has 0 radical (unpaired) electrons. The van der Waals surface area contributed by atoms with Gasteiger partial charge >= 0.3 is 0 Å². The summed E-state index contributed by atoms with van der Waals surface area (Å²) in [5.74, 6) is -2.59. The second kappa shape index (κ2) is 11.5. The number of amides is 3. The number of nitrogens with zero attached hydrogens (tertiary/aromatic N) is 3. The minimum absolute atomic E-state index is 0.0425. The van der Waals surface area contributed by atoms with Crippen molar-refractivity contribution >= 4 is 45.0 Å². The van der Waals surface area contributed by atoms with Crippen LogP contribution in [-0.2, 0) is 19.1 Å². The maximum absolute atomic E-state index is 14.6. The van der Waals surface area contributed by atoms with Crippen LogP contribution in [-0.4, -0.2) is 76.5 Å². The minimum atomic E-state index is -1.23. The summed E-state index contributed by atoms with van der Waals surface area (Å²) in [5, 5.41) is 9.98. The molecule has 1 spiro atoms. The third-order valence-electron chi connectivity index (χ3n) is 8.53.